The first-order valence-corrected chi connectivity index (χ1v) is 21.9. The Hall–Kier alpha value is -5.86. The number of piperidine rings is 1. The Balaban J connectivity index is 0.000000223. The number of nitrogens with zero attached hydrogens (tertiary/aromatic N) is 5. The Kier molecular flexibility index (Phi) is 14.7. The molecule has 2 fully saturated rings. The molecule has 3 unspecified atom stereocenters. The van der Waals surface area contributed by atoms with Crippen molar-refractivity contribution >= 4 is 41.1 Å². The van der Waals surface area contributed by atoms with Crippen LogP contribution in [0, 0.1) is 12.3 Å². The Morgan fingerprint density at radius 3 is 2.25 bits per heavy atom. The number of anilines is 2. The molecule has 322 valence electrons. The lowest BCUT2D eigenvalue weighted by atomic mass is 9.88. The van der Waals surface area contributed by atoms with E-state index in [-0.39, 0.29) is 41.1 Å². The maximum atomic E-state index is 12.4. The van der Waals surface area contributed by atoms with Crippen LogP contribution in [0.5, 0.6) is 5.75 Å². The van der Waals surface area contributed by atoms with Crippen LogP contribution < -0.4 is 21.7 Å². The third kappa shape index (κ3) is 11.7. The van der Waals surface area contributed by atoms with E-state index in [1.54, 1.807) is 34.4 Å². The number of phenols is 1. The van der Waals surface area contributed by atoms with E-state index in [2.05, 4.69) is 75.9 Å². The van der Waals surface area contributed by atoms with Crippen molar-refractivity contribution in [3.05, 3.63) is 95.6 Å². The zero-order valence-electron chi connectivity index (χ0n) is 36.0. The van der Waals surface area contributed by atoms with Crippen molar-refractivity contribution in [3.63, 3.8) is 0 Å². The molecular formula is C47H59N9O4S. The molecule has 0 aliphatic carbocycles. The average Bonchev–Trinajstić information content (AvgIpc) is 3.91. The Morgan fingerprint density at radius 1 is 0.918 bits per heavy atom. The summed E-state index contributed by atoms with van der Waals surface area (Å²) in [4.78, 5) is 45.1. The van der Waals surface area contributed by atoms with Gasteiger partial charge < -0.3 is 31.7 Å². The molecule has 3 atom stereocenters. The summed E-state index contributed by atoms with van der Waals surface area (Å²) < 4.78 is 0. The summed E-state index contributed by atoms with van der Waals surface area (Å²) in [6.07, 6.45) is 4.35. The van der Waals surface area contributed by atoms with Crippen LogP contribution in [0.3, 0.4) is 0 Å². The normalized spacial score (nSPS) is 16.8. The van der Waals surface area contributed by atoms with Gasteiger partial charge in [-0.3, -0.25) is 19.3 Å². The van der Waals surface area contributed by atoms with Crippen molar-refractivity contribution in [1.29, 1.82) is 0 Å². The number of amides is 3. The fourth-order valence-electron chi connectivity index (χ4n) is 7.47. The second-order valence-electron chi connectivity index (χ2n) is 17.1. The topological polar surface area (TPSA) is 179 Å². The highest BCUT2D eigenvalue weighted by Crippen LogP contribution is 2.33. The summed E-state index contributed by atoms with van der Waals surface area (Å²) in [5, 5.41) is 28.2. The van der Waals surface area contributed by atoms with Gasteiger partial charge >= 0.3 is 0 Å². The smallest absolute Gasteiger partial charge is 0.243 e. The van der Waals surface area contributed by atoms with Crippen LogP contribution in [0.2, 0.25) is 0 Å². The molecule has 13 nitrogen and oxygen atoms in total. The molecule has 3 aromatic carbocycles. The van der Waals surface area contributed by atoms with Crippen molar-refractivity contribution in [2.45, 2.75) is 91.4 Å². The van der Waals surface area contributed by atoms with Gasteiger partial charge in [-0.2, -0.15) is 0 Å². The number of nitrogens with one attached hydrogen (secondary N) is 3. The average molecular weight is 846 g/mol. The minimum Gasteiger partial charge on any atom is -0.507 e. The van der Waals surface area contributed by atoms with E-state index < -0.39 is 0 Å². The summed E-state index contributed by atoms with van der Waals surface area (Å²) in [7, 11) is 0. The lowest BCUT2D eigenvalue weighted by Crippen LogP contribution is -2.48. The predicted molar refractivity (Wildman–Crippen MR) is 244 cm³/mol. The Bertz CT molecular complexity index is 2250. The third-order valence-corrected chi connectivity index (χ3v) is 12.7. The number of hydrogen-bond donors (Lipinski definition) is 5. The second-order valence-corrected chi connectivity index (χ2v) is 17.9. The van der Waals surface area contributed by atoms with E-state index in [1.807, 2.05) is 67.9 Å². The largest absolute Gasteiger partial charge is 0.507 e. The molecule has 4 heterocycles. The molecule has 14 heteroatoms. The van der Waals surface area contributed by atoms with Crippen LogP contribution in [-0.4, -0.2) is 92.6 Å². The summed E-state index contributed by atoms with van der Waals surface area (Å²) in [6, 6.07) is 25.3. The number of nitrogens with two attached hydrogens (primary N) is 1. The summed E-state index contributed by atoms with van der Waals surface area (Å²) >= 11 is 1.63. The van der Waals surface area contributed by atoms with Crippen molar-refractivity contribution in [2.24, 2.45) is 5.41 Å². The van der Waals surface area contributed by atoms with Gasteiger partial charge in [-0.25, -0.2) is 4.98 Å². The van der Waals surface area contributed by atoms with Gasteiger partial charge in [0.25, 0.3) is 0 Å². The van der Waals surface area contributed by atoms with Gasteiger partial charge in [-0.05, 0) is 98.9 Å². The number of aromatic hydroxyl groups is 1. The first-order valence-electron chi connectivity index (χ1n) is 21.0. The van der Waals surface area contributed by atoms with Crippen molar-refractivity contribution in [3.8, 4) is 38.6 Å². The molecule has 2 aliphatic heterocycles. The fraction of sp³-hybridized carbons (Fsp3) is 0.404. The minimum atomic E-state index is -0.330. The molecule has 0 bridgehead atoms. The molecular weight excluding hydrogens is 787 g/mol. The van der Waals surface area contributed by atoms with Gasteiger partial charge in [0.1, 0.15) is 11.8 Å². The maximum absolute atomic E-state index is 12.4. The van der Waals surface area contributed by atoms with Crippen LogP contribution in [0.15, 0.2) is 84.4 Å². The molecule has 61 heavy (non-hydrogen) atoms. The summed E-state index contributed by atoms with van der Waals surface area (Å²) in [6.45, 7) is 15.3. The molecule has 7 rings (SSSR count). The number of carbonyl (C=O) groups excluding carboxylic acids is 3. The number of rotatable bonds is 12. The van der Waals surface area contributed by atoms with Gasteiger partial charge in [0.15, 0.2) is 5.82 Å². The molecule has 2 aliphatic rings. The van der Waals surface area contributed by atoms with Gasteiger partial charge in [-0.1, -0.05) is 69.3 Å². The zero-order chi connectivity index (χ0) is 43.7. The number of phenolic OH excluding ortho intramolecular Hbond substituents is 1. The van der Waals surface area contributed by atoms with E-state index in [4.69, 9.17) is 5.73 Å². The Labute approximate surface area is 363 Å². The van der Waals surface area contributed by atoms with E-state index in [0.717, 1.165) is 78.8 Å². The van der Waals surface area contributed by atoms with E-state index in [0.29, 0.717) is 36.2 Å². The molecule has 2 saturated heterocycles. The maximum Gasteiger partial charge on any atom is 0.243 e. The number of carbonyl (C=O) groups is 3. The SMILES string of the molecule is CC(NC(=O)CN1CCC(Nc2ccc(-c3cc(-c4ccccc4O)nnc3N)cc2)CC1)C(C)(C)C.Cc1ncsc1-c1ccc(C(C)NC(=O)C2CCCN2C=O)cc1. The lowest BCUT2D eigenvalue weighted by molar-refractivity contribution is -0.131. The minimum absolute atomic E-state index is 0.0505. The second kappa shape index (κ2) is 20.1. The van der Waals surface area contributed by atoms with Crippen LogP contribution in [0.4, 0.5) is 11.5 Å². The van der Waals surface area contributed by atoms with Gasteiger partial charge in [0.2, 0.25) is 18.2 Å². The van der Waals surface area contributed by atoms with Crippen LogP contribution in [-0.2, 0) is 14.4 Å². The number of aryl methyl sites for hydroxylation is 1. The summed E-state index contributed by atoms with van der Waals surface area (Å²) in [5.41, 5.74) is 15.2. The first kappa shape index (κ1) is 44.7. The van der Waals surface area contributed by atoms with Crippen molar-refractivity contribution in [2.75, 3.05) is 37.2 Å². The number of benzene rings is 3. The highest BCUT2D eigenvalue weighted by atomic mass is 32.1. The number of likely N-dealkylation sites (tertiary alicyclic amines) is 2. The first-order chi connectivity index (χ1) is 29.2. The van der Waals surface area contributed by atoms with Gasteiger partial charge in [0.05, 0.1) is 34.4 Å². The molecule has 0 saturated carbocycles. The van der Waals surface area contributed by atoms with Crippen molar-refractivity contribution in [1.82, 2.24) is 35.6 Å². The number of hydrogen-bond acceptors (Lipinski definition) is 11. The fourth-order valence-corrected chi connectivity index (χ4v) is 8.28. The number of aromatic nitrogens is 3. The highest BCUT2D eigenvalue weighted by Gasteiger charge is 2.30. The lowest BCUT2D eigenvalue weighted by Gasteiger charge is -2.33. The van der Waals surface area contributed by atoms with E-state index in [9.17, 15) is 19.5 Å². The van der Waals surface area contributed by atoms with Crippen LogP contribution in [0.1, 0.15) is 77.6 Å². The van der Waals surface area contributed by atoms with E-state index in [1.165, 1.54) is 4.88 Å². The third-order valence-electron chi connectivity index (χ3n) is 11.7. The molecule has 0 spiro atoms. The zero-order valence-corrected chi connectivity index (χ0v) is 36.8. The van der Waals surface area contributed by atoms with Gasteiger partial charge in [0, 0.05) is 48.5 Å². The summed E-state index contributed by atoms with van der Waals surface area (Å²) in [5.74, 6) is 0.515. The molecule has 2 aromatic heterocycles. The number of nitrogen functional groups attached to an aromatic ring is 1. The highest BCUT2D eigenvalue weighted by molar-refractivity contribution is 7.13. The van der Waals surface area contributed by atoms with Crippen LogP contribution in [0.25, 0.3) is 32.8 Å². The standard InChI is InChI=1S/C29H38N6O2.C18H21N3O2S/c1-19(29(2,3)4)31-27(37)18-35-15-13-22(14-16-35)32-21-11-9-20(10-12-21)24-17-25(33-34-28(24)30)23-7-5-6-8-26(23)36;1-12(20-18(23)16-4-3-9-21(16)11-22)14-5-7-15(8-6-14)17-13(2)19-10-24-17/h5-12,17,19,22,32,36H,13-16,18H2,1-4H3,(H2,30,34)(H,31,37);5-8,10-12,16H,3-4,9H2,1-2H3,(H,20,23). The van der Waals surface area contributed by atoms with E-state index >= 15 is 0 Å². The van der Waals surface area contributed by atoms with Gasteiger partial charge in [-0.15, -0.1) is 21.5 Å². The molecule has 5 aromatic rings. The molecule has 6 N–H and O–H groups in total. The number of thiazole rings is 1. The predicted octanol–water partition coefficient (Wildman–Crippen LogP) is 7.44. The monoisotopic (exact) mass is 845 g/mol. The molecule has 3 amide bonds. The quantitative estimate of drug-likeness (QED) is 0.0793. The Morgan fingerprint density at radius 2 is 1.61 bits per heavy atom. The molecule has 0 radical (unpaired) electrons. The van der Waals surface area contributed by atoms with Crippen LogP contribution >= 0.6 is 11.3 Å². The number of para-hydroxylation sites is 1. The van der Waals surface area contributed by atoms with Crippen molar-refractivity contribution < 1.29 is 19.5 Å².